The highest BCUT2D eigenvalue weighted by molar-refractivity contribution is 5.65. The lowest BCUT2D eigenvalue weighted by Crippen LogP contribution is -2.29. The van der Waals surface area contributed by atoms with Gasteiger partial charge in [-0.3, -0.25) is 9.78 Å². The van der Waals surface area contributed by atoms with Crippen molar-refractivity contribution in [3.8, 4) is 0 Å². The van der Waals surface area contributed by atoms with Gasteiger partial charge in [0.25, 0.3) is 0 Å². The number of aliphatic hydroxyl groups is 1. The highest BCUT2D eigenvalue weighted by Crippen LogP contribution is 2.32. The first-order chi connectivity index (χ1) is 7.43. The topological polar surface area (TPSA) is 59.4 Å². The molecule has 1 aromatic rings. The maximum atomic E-state index is 10.7. The lowest BCUT2D eigenvalue weighted by atomic mass is 9.85. The molecule has 0 amide bonds. The summed E-state index contributed by atoms with van der Waals surface area (Å²) in [6, 6.07) is 5.35. The van der Waals surface area contributed by atoms with Crippen LogP contribution in [0, 0.1) is 5.41 Å². The molecule has 16 heavy (non-hydrogen) atoms. The second-order valence-corrected chi connectivity index (χ2v) is 4.43. The van der Waals surface area contributed by atoms with Gasteiger partial charge in [0.15, 0.2) is 0 Å². The second-order valence-electron chi connectivity index (χ2n) is 4.43. The number of pyridine rings is 1. The highest BCUT2D eigenvalue weighted by atomic mass is 16.5. The molecular formula is C12H17NO3. The van der Waals surface area contributed by atoms with Crippen LogP contribution >= 0.6 is 0 Å². The van der Waals surface area contributed by atoms with E-state index in [0.29, 0.717) is 5.69 Å². The van der Waals surface area contributed by atoms with Gasteiger partial charge in [0.1, 0.15) is 6.10 Å². The van der Waals surface area contributed by atoms with Crippen LogP contribution in [0.4, 0.5) is 0 Å². The molecule has 1 N–H and O–H groups in total. The molecule has 1 atom stereocenters. The molecule has 0 bridgehead atoms. The summed E-state index contributed by atoms with van der Waals surface area (Å²) in [4.78, 5) is 14.8. The Kier molecular flexibility index (Phi) is 4.01. The average molecular weight is 223 g/mol. The van der Waals surface area contributed by atoms with Crippen molar-refractivity contribution in [3.05, 3.63) is 30.1 Å². The molecule has 4 heteroatoms. The zero-order valence-electron chi connectivity index (χ0n) is 9.80. The summed E-state index contributed by atoms with van der Waals surface area (Å²) >= 11 is 0. The monoisotopic (exact) mass is 223 g/mol. The van der Waals surface area contributed by atoms with Gasteiger partial charge in [0.2, 0.25) is 0 Å². The molecule has 0 saturated carbocycles. The molecule has 1 rings (SSSR count). The molecule has 0 aliphatic heterocycles. The van der Waals surface area contributed by atoms with Gasteiger partial charge in [-0.1, -0.05) is 19.9 Å². The fourth-order valence-corrected chi connectivity index (χ4v) is 1.30. The number of esters is 1. The Hall–Kier alpha value is -1.42. The number of nitrogens with zero attached hydrogens (tertiary/aromatic N) is 1. The van der Waals surface area contributed by atoms with Gasteiger partial charge in [-0.05, 0) is 12.1 Å². The van der Waals surface area contributed by atoms with E-state index in [1.807, 2.05) is 19.9 Å². The summed E-state index contributed by atoms with van der Waals surface area (Å²) in [5.74, 6) is -0.346. The summed E-state index contributed by atoms with van der Waals surface area (Å²) in [6.07, 6.45) is 0.869. The van der Waals surface area contributed by atoms with Crippen molar-refractivity contribution in [2.45, 2.75) is 26.9 Å². The Bertz CT molecular complexity index is 349. The number of carbonyl (C=O) groups is 1. The molecule has 88 valence electrons. The quantitative estimate of drug-likeness (QED) is 0.789. The molecule has 0 spiro atoms. The van der Waals surface area contributed by atoms with Gasteiger partial charge in [0, 0.05) is 18.5 Å². The number of aromatic nitrogens is 1. The number of aliphatic hydroxyl groups excluding tert-OH is 1. The summed E-state index contributed by atoms with van der Waals surface area (Å²) in [5.41, 5.74) is 0.0275. The van der Waals surface area contributed by atoms with Crippen molar-refractivity contribution in [3.63, 3.8) is 0 Å². The van der Waals surface area contributed by atoms with Crippen molar-refractivity contribution in [1.82, 2.24) is 4.98 Å². The fourth-order valence-electron chi connectivity index (χ4n) is 1.30. The number of carbonyl (C=O) groups excluding carboxylic acids is 1. The number of ether oxygens (including phenoxy) is 1. The molecule has 0 fully saturated rings. The minimum atomic E-state index is -0.756. The Morgan fingerprint density at radius 3 is 2.75 bits per heavy atom. The zero-order chi connectivity index (χ0) is 12.2. The van der Waals surface area contributed by atoms with Crippen molar-refractivity contribution in [1.29, 1.82) is 0 Å². The molecule has 1 heterocycles. The Morgan fingerprint density at radius 1 is 1.56 bits per heavy atom. The molecule has 0 unspecified atom stereocenters. The standard InChI is InChI=1S/C12H17NO3/c1-9(14)16-8-12(2,3)11(15)10-6-4-5-7-13-10/h4-7,11,15H,8H2,1-3H3/t11-/m1/s1. The van der Waals surface area contributed by atoms with Crippen LogP contribution in [0.15, 0.2) is 24.4 Å². The van der Waals surface area contributed by atoms with Crippen molar-refractivity contribution in [2.75, 3.05) is 6.61 Å². The van der Waals surface area contributed by atoms with Crippen molar-refractivity contribution in [2.24, 2.45) is 5.41 Å². The van der Waals surface area contributed by atoms with E-state index < -0.39 is 11.5 Å². The number of rotatable bonds is 4. The molecule has 0 aliphatic carbocycles. The van der Waals surface area contributed by atoms with E-state index in [0.717, 1.165) is 0 Å². The molecule has 0 aromatic carbocycles. The van der Waals surface area contributed by atoms with Crippen LogP contribution in [0.5, 0.6) is 0 Å². The molecule has 0 aliphatic rings. The van der Waals surface area contributed by atoms with E-state index in [4.69, 9.17) is 4.74 Å². The molecule has 0 saturated heterocycles. The third-order valence-corrected chi connectivity index (χ3v) is 2.36. The van der Waals surface area contributed by atoms with E-state index in [2.05, 4.69) is 4.98 Å². The zero-order valence-corrected chi connectivity index (χ0v) is 9.80. The van der Waals surface area contributed by atoms with Gasteiger partial charge in [-0.25, -0.2) is 0 Å². The SMILES string of the molecule is CC(=O)OCC(C)(C)[C@H](O)c1ccccn1. The minimum absolute atomic E-state index is 0.167. The van der Waals surface area contributed by atoms with Gasteiger partial charge >= 0.3 is 5.97 Å². The third kappa shape index (κ3) is 3.31. The van der Waals surface area contributed by atoms with E-state index >= 15 is 0 Å². The summed E-state index contributed by atoms with van der Waals surface area (Å²) in [5, 5.41) is 10.1. The van der Waals surface area contributed by atoms with E-state index in [1.54, 1.807) is 18.3 Å². The normalized spacial score (nSPS) is 13.2. The first-order valence-electron chi connectivity index (χ1n) is 5.16. The summed E-state index contributed by atoms with van der Waals surface area (Å²) in [6.45, 7) is 5.17. The van der Waals surface area contributed by atoms with Crippen molar-refractivity contribution < 1.29 is 14.6 Å². The predicted molar refractivity (Wildman–Crippen MR) is 59.6 cm³/mol. The summed E-state index contributed by atoms with van der Waals surface area (Å²) in [7, 11) is 0. The van der Waals surface area contributed by atoms with Gasteiger partial charge in [0.05, 0.1) is 12.3 Å². The smallest absolute Gasteiger partial charge is 0.302 e. The lowest BCUT2D eigenvalue weighted by molar-refractivity contribution is -0.146. The van der Waals surface area contributed by atoms with Crippen LogP contribution in [0.2, 0.25) is 0 Å². The molecular weight excluding hydrogens is 206 g/mol. The first-order valence-corrected chi connectivity index (χ1v) is 5.16. The van der Waals surface area contributed by atoms with Gasteiger partial charge in [-0.2, -0.15) is 0 Å². The van der Waals surface area contributed by atoms with Crippen LogP contribution in [0.25, 0.3) is 0 Å². The number of hydrogen-bond acceptors (Lipinski definition) is 4. The number of hydrogen-bond donors (Lipinski definition) is 1. The van der Waals surface area contributed by atoms with Crippen LogP contribution in [0.1, 0.15) is 32.6 Å². The molecule has 4 nitrogen and oxygen atoms in total. The largest absolute Gasteiger partial charge is 0.465 e. The fraction of sp³-hybridized carbons (Fsp3) is 0.500. The maximum absolute atomic E-state index is 10.7. The van der Waals surface area contributed by atoms with Crippen LogP contribution in [0.3, 0.4) is 0 Å². The second kappa shape index (κ2) is 5.07. The van der Waals surface area contributed by atoms with Gasteiger partial charge < -0.3 is 9.84 Å². The van der Waals surface area contributed by atoms with Crippen LogP contribution in [-0.2, 0) is 9.53 Å². The van der Waals surface area contributed by atoms with Crippen LogP contribution in [-0.4, -0.2) is 22.7 Å². The minimum Gasteiger partial charge on any atom is -0.465 e. The molecule has 0 radical (unpaired) electrons. The van der Waals surface area contributed by atoms with E-state index in [9.17, 15) is 9.90 Å². The summed E-state index contributed by atoms with van der Waals surface area (Å²) < 4.78 is 4.92. The van der Waals surface area contributed by atoms with Crippen LogP contribution < -0.4 is 0 Å². The average Bonchev–Trinajstić information content (AvgIpc) is 2.27. The van der Waals surface area contributed by atoms with E-state index in [-0.39, 0.29) is 12.6 Å². The van der Waals surface area contributed by atoms with Crippen molar-refractivity contribution >= 4 is 5.97 Å². The third-order valence-electron chi connectivity index (χ3n) is 2.36. The maximum Gasteiger partial charge on any atom is 0.302 e. The molecule has 1 aromatic heterocycles. The Labute approximate surface area is 95.3 Å². The Morgan fingerprint density at radius 2 is 2.25 bits per heavy atom. The van der Waals surface area contributed by atoms with Gasteiger partial charge in [-0.15, -0.1) is 0 Å². The first kappa shape index (κ1) is 12.6. The Balaban J connectivity index is 2.72. The lowest BCUT2D eigenvalue weighted by Gasteiger charge is -2.29. The highest BCUT2D eigenvalue weighted by Gasteiger charge is 2.31. The van der Waals surface area contributed by atoms with E-state index in [1.165, 1.54) is 6.92 Å². The predicted octanol–water partition coefficient (Wildman–Crippen LogP) is 1.70.